The highest BCUT2D eigenvalue weighted by Gasteiger charge is 2.34. The molecule has 1 saturated heterocycles. The van der Waals surface area contributed by atoms with Gasteiger partial charge < -0.3 is 30.5 Å². The van der Waals surface area contributed by atoms with E-state index in [1.165, 1.54) is 13.2 Å². The van der Waals surface area contributed by atoms with Crippen LogP contribution in [0.25, 0.3) is 10.8 Å². The maximum Gasteiger partial charge on any atom is 0.328 e. The molecule has 45 heavy (non-hydrogen) atoms. The number of amides is 4. The van der Waals surface area contributed by atoms with Gasteiger partial charge in [-0.2, -0.15) is 0 Å². The van der Waals surface area contributed by atoms with Crippen LogP contribution < -0.4 is 21.3 Å². The fourth-order valence-corrected chi connectivity index (χ4v) is 5.55. The molecule has 0 radical (unpaired) electrons. The second-order valence-electron chi connectivity index (χ2n) is 11.8. The molecule has 12 heteroatoms. The molecule has 12 nitrogen and oxygen atoms in total. The van der Waals surface area contributed by atoms with Crippen LogP contribution in [0.15, 0.2) is 53.1 Å². The van der Waals surface area contributed by atoms with Crippen LogP contribution in [0.2, 0.25) is 0 Å². The van der Waals surface area contributed by atoms with Gasteiger partial charge in [0.25, 0.3) is 5.91 Å². The van der Waals surface area contributed by atoms with Crippen LogP contribution >= 0.6 is 0 Å². The molecular weight excluding hydrogens is 578 g/mol. The third kappa shape index (κ3) is 8.90. The molecule has 4 rings (SSSR count). The van der Waals surface area contributed by atoms with E-state index >= 15 is 0 Å². The number of carbonyl (C=O) groups excluding carboxylic acids is 5. The Morgan fingerprint density at radius 2 is 1.71 bits per heavy atom. The highest BCUT2D eigenvalue weighted by molar-refractivity contribution is 5.98. The monoisotopic (exact) mass is 619 g/mol. The number of hydrogen-bond acceptors (Lipinski definition) is 8. The van der Waals surface area contributed by atoms with Crippen molar-refractivity contribution >= 4 is 40.4 Å². The summed E-state index contributed by atoms with van der Waals surface area (Å²) in [5.74, 6) is -2.66. The smallest absolute Gasteiger partial charge is 0.328 e. The van der Waals surface area contributed by atoms with Gasteiger partial charge in [0.1, 0.15) is 23.9 Å². The van der Waals surface area contributed by atoms with E-state index in [1.54, 1.807) is 6.92 Å². The molecule has 2 aromatic carbocycles. The number of piperidine rings is 1. The Hall–Kier alpha value is -4.74. The summed E-state index contributed by atoms with van der Waals surface area (Å²) in [6, 6.07) is 11.7. The summed E-state index contributed by atoms with van der Waals surface area (Å²) in [4.78, 5) is 65.7. The summed E-state index contributed by atoms with van der Waals surface area (Å²) in [7, 11) is 1.22. The predicted molar refractivity (Wildman–Crippen MR) is 166 cm³/mol. The number of methoxy groups -OCH3 is 1. The van der Waals surface area contributed by atoms with Gasteiger partial charge in [-0.1, -0.05) is 61.5 Å². The minimum atomic E-state index is -1.08. The van der Waals surface area contributed by atoms with E-state index in [0.717, 1.165) is 22.8 Å². The topological polar surface area (TPSA) is 169 Å². The number of fused-ring (bicyclic) bond motifs is 1. The molecule has 240 valence electrons. The van der Waals surface area contributed by atoms with E-state index < -0.39 is 47.7 Å². The molecule has 2 heterocycles. The Morgan fingerprint density at radius 3 is 2.40 bits per heavy atom. The third-order valence-electron chi connectivity index (χ3n) is 7.85. The minimum absolute atomic E-state index is 0.00837. The van der Waals surface area contributed by atoms with Gasteiger partial charge in [-0.25, -0.2) is 4.79 Å². The zero-order valence-electron chi connectivity index (χ0n) is 26.1. The normalized spacial score (nSPS) is 16.7. The van der Waals surface area contributed by atoms with Crippen LogP contribution in [-0.2, 0) is 30.3 Å². The van der Waals surface area contributed by atoms with Crippen LogP contribution in [0.5, 0.6) is 0 Å². The van der Waals surface area contributed by atoms with E-state index in [4.69, 9.17) is 9.26 Å². The fraction of sp³-hybridized carbons (Fsp3) is 0.455. The van der Waals surface area contributed by atoms with Gasteiger partial charge >= 0.3 is 5.97 Å². The number of esters is 1. The van der Waals surface area contributed by atoms with Crippen LogP contribution in [0.1, 0.15) is 61.3 Å². The lowest BCUT2D eigenvalue weighted by molar-refractivity contribution is -0.146. The van der Waals surface area contributed by atoms with Crippen molar-refractivity contribution in [2.45, 2.75) is 71.0 Å². The maximum absolute atomic E-state index is 13.9. The molecular formula is C33H41N5O7. The van der Waals surface area contributed by atoms with Crippen molar-refractivity contribution < 1.29 is 33.2 Å². The second kappa shape index (κ2) is 15.3. The number of nitrogens with one attached hydrogen (secondary N) is 4. The number of hydrogen-bond donors (Lipinski definition) is 4. The Morgan fingerprint density at radius 1 is 1.00 bits per heavy atom. The molecule has 1 unspecified atom stereocenters. The van der Waals surface area contributed by atoms with Gasteiger partial charge in [-0.3, -0.25) is 19.2 Å². The van der Waals surface area contributed by atoms with Gasteiger partial charge in [0, 0.05) is 24.9 Å². The summed E-state index contributed by atoms with van der Waals surface area (Å²) in [5, 5.41) is 16.7. The molecule has 1 fully saturated rings. The van der Waals surface area contributed by atoms with Gasteiger partial charge in [0.2, 0.25) is 17.7 Å². The van der Waals surface area contributed by atoms with E-state index in [9.17, 15) is 24.0 Å². The van der Waals surface area contributed by atoms with Crippen molar-refractivity contribution in [2.24, 2.45) is 11.8 Å². The number of aryl methyl sites for hydroxylation is 1. The molecule has 0 spiro atoms. The summed E-state index contributed by atoms with van der Waals surface area (Å²) in [6.45, 7) is 6.03. The van der Waals surface area contributed by atoms with Gasteiger partial charge in [-0.15, -0.1) is 0 Å². The van der Waals surface area contributed by atoms with Crippen molar-refractivity contribution in [1.82, 2.24) is 26.4 Å². The Bertz CT molecular complexity index is 1530. The number of nitrogens with zero attached hydrogens (tertiary/aromatic N) is 1. The zero-order valence-corrected chi connectivity index (χ0v) is 26.1. The maximum atomic E-state index is 13.9. The molecule has 3 aromatic rings. The van der Waals surface area contributed by atoms with Crippen molar-refractivity contribution in [3.05, 3.63) is 65.5 Å². The summed E-state index contributed by atoms with van der Waals surface area (Å²) in [5.41, 5.74) is 0.846. The van der Waals surface area contributed by atoms with Crippen molar-refractivity contribution in [2.75, 3.05) is 13.7 Å². The Labute approximate surface area is 262 Å². The molecule has 1 aromatic heterocycles. The standard InChI is InChI=1S/C33H41N5O7/c1-19(2)15-25(30(40)37-28(33(43)44-4)18-23-12-8-14-34-29(23)39)35-31(41)26(36-32(42)27-16-20(3)45-38-27)17-22-11-7-10-21-9-5-6-13-24(21)22/h5-7,9-11,13,16,19,23,25-26,28H,8,12,14-15,17-18H2,1-4H3,(H,34,39)(H,35,41)(H,36,42)(H,37,40)/t23-,25-,26?,28-/m0/s1. The molecule has 0 aliphatic carbocycles. The molecule has 1 aliphatic rings. The second-order valence-corrected chi connectivity index (χ2v) is 11.8. The Kier molecular flexibility index (Phi) is 11.3. The van der Waals surface area contributed by atoms with Crippen LogP contribution in [0, 0.1) is 18.8 Å². The first-order valence-electron chi connectivity index (χ1n) is 15.2. The fourth-order valence-electron chi connectivity index (χ4n) is 5.55. The quantitative estimate of drug-likeness (QED) is 0.212. The van der Waals surface area contributed by atoms with Crippen molar-refractivity contribution in [3.8, 4) is 0 Å². The lowest BCUT2D eigenvalue weighted by atomic mass is 9.91. The molecule has 0 bridgehead atoms. The molecule has 4 N–H and O–H groups in total. The highest BCUT2D eigenvalue weighted by Crippen LogP contribution is 2.21. The lowest BCUT2D eigenvalue weighted by Crippen LogP contribution is -2.57. The highest BCUT2D eigenvalue weighted by atomic mass is 16.5. The van der Waals surface area contributed by atoms with Gasteiger partial charge in [0.05, 0.1) is 7.11 Å². The first-order valence-corrected chi connectivity index (χ1v) is 15.2. The SMILES string of the molecule is COC(=O)[C@H](C[C@@H]1CCCNC1=O)NC(=O)[C@H](CC(C)C)NC(=O)C(Cc1cccc2ccccc12)NC(=O)c1cc(C)on1. The molecule has 1 aliphatic heterocycles. The number of rotatable bonds is 13. The van der Waals surface area contributed by atoms with E-state index in [0.29, 0.717) is 18.7 Å². The molecule has 4 atom stereocenters. The van der Waals surface area contributed by atoms with E-state index in [-0.39, 0.29) is 36.8 Å². The minimum Gasteiger partial charge on any atom is -0.467 e. The number of carbonyl (C=O) groups is 5. The average Bonchev–Trinajstić information content (AvgIpc) is 3.46. The zero-order chi connectivity index (χ0) is 32.5. The largest absolute Gasteiger partial charge is 0.467 e. The summed E-state index contributed by atoms with van der Waals surface area (Å²) < 4.78 is 9.97. The number of benzene rings is 2. The first-order chi connectivity index (χ1) is 21.5. The molecule has 4 amide bonds. The average molecular weight is 620 g/mol. The first kappa shape index (κ1) is 33.2. The summed E-state index contributed by atoms with van der Waals surface area (Å²) >= 11 is 0. The number of ether oxygens (including phenoxy) is 1. The lowest BCUT2D eigenvalue weighted by Gasteiger charge is -2.28. The van der Waals surface area contributed by atoms with E-state index in [1.807, 2.05) is 56.3 Å². The van der Waals surface area contributed by atoms with Crippen molar-refractivity contribution in [1.29, 1.82) is 0 Å². The summed E-state index contributed by atoms with van der Waals surface area (Å²) in [6.07, 6.45) is 1.81. The van der Waals surface area contributed by atoms with Crippen LogP contribution in [0.4, 0.5) is 0 Å². The van der Waals surface area contributed by atoms with Crippen molar-refractivity contribution in [3.63, 3.8) is 0 Å². The predicted octanol–water partition coefficient (Wildman–Crippen LogP) is 2.58. The van der Waals surface area contributed by atoms with Gasteiger partial charge in [-0.05, 0) is 54.9 Å². The van der Waals surface area contributed by atoms with Crippen LogP contribution in [-0.4, -0.2) is 66.5 Å². The third-order valence-corrected chi connectivity index (χ3v) is 7.85. The van der Waals surface area contributed by atoms with Gasteiger partial charge in [0.15, 0.2) is 5.69 Å². The van der Waals surface area contributed by atoms with E-state index in [2.05, 4.69) is 26.4 Å². The molecule has 0 saturated carbocycles. The number of aromatic nitrogens is 1. The Balaban J connectivity index is 1.56. The van der Waals surface area contributed by atoms with Crippen LogP contribution in [0.3, 0.4) is 0 Å².